The molecule has 0 saturated heterocycles. The predicted molar refractivity (Wildman–Crippen MR) is 72.0 cm³/mol. The van der Waals surface area contributed by atoms with Crippen LogP contribution in [0.15, 0.2) is 29.7 Å². The number of nitro benzene ring substituents is 1. The summed E-state index contributed by atoms with van der Waals surface area (Å²) in [6, 6.07) is 2.77. The molecule has 1 aromatic heterocycles. The number of benzene rings is 1. The minimum absolute atomic E-state index is 0.0491. The first-order chi connectivity index (χ1) is 9.31. The van der Waals surface area contributed by atoms with E-state index in [9.17, 15) is 18.5 Å². The van der Waals surface area contributed by atoms with Crippen LogP contribution in [0.5, 0.6) is 0 Å². The van der Waals surface area contributed by atoms with Crippen LogP contribution in [0.2, 0.25) is 0 Å². The smallest absolute Gasteiger partial charge is 0.278 e. The zero-order valence-electron chi connectivity index (χ0n) is 10.7. The highest BCUT2D eigenvalue weighted by atomic mass is 32.2. The number of anilines is 1. The van der Waals surface area contributed by atoms with Crippen LogP contribution in [0.3, 0.4) is 0 Å². The SMILES string of the molecule is Cc1cc([N+](=O)[O-])c(C)cc1NS(=O)(=O)c1cnc[nH]1. The van der Waals surface area contributed by atoms with Crippen LogP contribution in [0.25, 0.3) is 0 Å². The van der Waals surface area contributed by atoms with Crippen molar-refractivity contribution < 1.29 is 13.3 Å². The summed E-state index contributed by atoms with van der Waals surface area (Å²) in [5.41, 5.74) is 1.09. The van der Waals surface area contributed by atoms with E-state index < -0.39 is 14.9 Å². The van der Waals surface area contributed by atoms with Gasteiger partial charge in [0.2, 0.25) is 0 Å². The Morgan fingerprint density at radius 2 is 2.00 bits per heavy atom. The van der Waals surface area contributed by atoms with E-state index in [0.717, 1.165) is 0 Å². The topological polar surface area (TPSA) is 118 Å². The van der Waals surface area contributed by atoms with Gasteiger partial charge in [-0.15, -0.1) is 0 Å². The summed E-state index contributed by atoms with van der Waals surface area (Å²) in [5, 5.41) is 10.7. The van der Waals surface area contributed by atoms with E-state index in [0.29, 0.717) is 16.8 Å². The fraction of sp³-hybridized carbons (Fsp3) is 0.182. The molecule has 0 aliphatic carbocycles. The minimum Gasteiger partial charge on any atom is -0.334 e. The molecular formula is C11H12N4O4S. The summed E-state index contributed by atoms with van der Waals surface area (Å²) >= 11 is 0. The standard InChI is InChI=1S/C11H12N4O4S/c1-7-4-10(15(16)17)8(2)3-9(7)14-20(18,19)11-5-12-6-13-11/h3-6,14H,1-2H3,(H,12,13). The normalized spacial score (nSPS) is 11.3. The lowest BCUT2D eigenvalue weighted by atomic mass is 10.1. The Morgan fingerprint density at radius 3 is 2.55 bits per heavy atom. The highest BCUT2D eigenvalue weighted by Crippen LogP contribution is 2.27. The minimum atomic E-state index is -3.78. The molecule has 2 N–H and O–H groups in total. The van der Waals surface area contributed by atoms with Crippen molar-refractivity contribution in [3.8, 4) is 0 Å². The first-order valence-electron chi connectivity index (χ1n) is 5.58. The number of rotatable bonds is 4. The zero-order chi connectivity index (χ0) is 14.9. The number of nitrogens with zero attached hydrogens (tertiary/aromatic N) is 2. The molecule has 1 aromatic carbocycles. The van der Waals surface area contributed by atoms with Crippen LogP contribution in [-0.2, 0) is 10.0 Å². The lowest BCUT2D eigenvalue weighted by Crippen LogP contribution is -2.14. The molecule has 8 nitrogen and oxygen atoms in total. The second kappa shape index (κ2) is 4.93. The van der Waals surface area contributed by atoms with Crippen LogP contribution in [0.1, 0.15) is 11.1 Å². The molecule has 0 aliphatic rings. The number of aryl methyl sites for hydroxylation is 2. The number of aromatic amines is 1. The Bertz CT molecular complexity index is 753. The largest absolute Gasteiger partial charge is 0.334 e. The molecule has 2 rings (SSSR count). The monoisotopic (exact) mass is 296 g/mol. The summed E-state index contributed by atoms with van der Waals surface area (Å²) in [4.78, 5) is 16.4. The maximum Gasteiger partial charge on any atom is 0.278 e. The third-order valence-electron chi connectivity index (χ3n) is 2.75. The maximum absolute atomic E-state index is 12.0. The molecule has 0 saturated carbocycles. The highest BCUT2D eigenvalue weighted by molar-refractivity contribution is 7.92. The summed E-state index contributed by atoms with van der Waals surface area (Å²) in [7, 11) is -3.78. The Kier molecular flexibility index (Phi) is 3.45. The number of aromatic nitrogens is 2. The Labute approximate surface area is 115 Å². The summed E-state index contributed by atoms with van der Waals surface area (Å²) in [5.74, 6) is 0. The average Bonchev–Trinajstić information content (AvgIpc) is 2.87. The summed E-state index contributed by atoms with van der Waals surface area (Å²) in [6.07, 6.45) is 2.43. The van der Waals surface area contributed by atoms with Gasteiger partial charge in [0, 0.05) is 11.6 Å². The molecule has 0 spiro atoms. The van der Waals surface area contributed by atoms with Crippen molar-refractivity contribution >= 4 is 21.4 Å². The van der Waals surface area contributed by atoms with E-state index in [1.807, 2.05) is 0 Å². The third-order valence-corrected chi connectivity index (χ3v) is 4.04. The first kappa shape index (κ1) is 14.0. The van der Waals surface area contributed by atoms with Crippen LogP contribution in [-0.4, -0.2) is 23.3 Å². The van der Waals surface area contributed by atoms with Crippen LogP contribution >= 0.6 is 0 Å². The number of nitro groups is 1. The second-order valence-corrected chi connectivity index (χ2v) is 5.88. The van der Waals surface area contributed by atoms with E-state index in [-0.39, 0.29) is 10.7 Å². The number of hydrogen-bond acceptors (Lipinski definition) is 5. The molecule has 0 atom stereocenters. The molecule has 0 unspecified atom stereocenters. The van der Waals surface area contributed by atoms with Crippen molar-refractivity contribution in [3.05, 3.63) is 45.9 Å². The molecule has 2 aromatic rings. The molecule has 106 valence electrons. The van der Waals surface area contributed by atoms with Gasteiger partial charge < -0.3 is 4.98 Å². The summed E-state index contributed by atoms with van der Waals surface area (Å²) < 4.78 is 26.4. The lowest BCUT2D eigenvalue weighted by Gasteiger charge is -2.10. The van der Waals surface area contributed by atoms with E-state index in [1.165, 1.54) is 24.7 Å². The molecule has 1 heterocycles. The van der Waals surface area contributed by atoms with Gasteiger partial charge in [-0.05, 0) is 25.5 Å². The molecule has 0 radical (unpaired) electrons. The zero-order valence-corrected chi connectivity index (χ0v) is 11.6. The van der Waals surface area contributed by atoms with Gasteiger partial charge in [0.25, 0.3) is 15.7 Å². The lowest BCUT2D eigenvalue weighted by molar-refractivity contribution is -0.385. The van der Waals surface area contributed by atoms with Crippen molar-refractivity contribution in [1.29, 1.82) is 0 Å². The van der Waals surface area contributed by atoms with E-state index >= 15 is 0 Å². The number of imidazole rings is 1. The van der Waals surface area contributed by atoms with Crippen molar-refractivity contribution in [2.24, 2.45) is 0 Å². The Morgan fingerprint density at radius 1 is 1.30 bits per heavy atom. The van der Waals surface area contributed by atoms with Crippen LogP contribution in [0.4, 0.5) is 11.4 Å². The molecule has 20 heavy (non-hydrogen) atoms. The predicted octanol–water partition coefficient (Wildman–Crippen LogP) is 1.74. The maximum atomic E-state index is 12.0. The molecule has 0 bridgehead atoms. The number of H-pyrrole nitrogens is 1. The van der Waals surface area contributed by atoms with Crippen molar-refractivity contribution in [3.63, 3.8) is 0 Å². The van der Waals surface area contributed by atoms with E-state index in [2.05, 4.69) is 14.7 Å². The third kappa shape index (κ3) is 2.62. The molecule has 0 fully saturated rings. The number of hydrogen-bond donors (Lipinski definition) is 2. The molecular weight excluding hydrogens is 284 g/mol. The van der Waals surface area contributed by atoms with E-state index in [4.69, 9.17) is 0 Å². The van der Waals surface area contributed by atoms with Crippen LogP contribution in [0, 0.1) is 24.0 Å². The fourth-order valence-corrected chi connectivity index (χ4v) is 2.72. The van der Waals surface area contributed by atoms with Gasteiger partial charge in [0.1, 0.15) is 0 Å². The van der Waals surface area contributed by atoms with Gasteiger partial charge in [-0.25, -0.2) is 4.98 Å². The van der Waals surface area contributed by atoms with Gasteiger partial charge in [0.05, 0.1) is 23.1 Å². The van der Waals surface area contributed by atoms with Gasteiger partial charge in [-0.3, -0.25) is 14.8 Å². The van der Waals surface area contributed by atoms with Gasteiger partial charge in [-0.1, -0.05) is 0 Å². The molecule has 9 heteroatoms. The van der Waals surface area contributed by atoms with Crippen molar-refractivity contribution in [2.75, 3.05) is 4.72 Å². The quantitative estimate of drug-likeness (QED) is 0.658. The highest BCUT2D eigenvalue weighted by Gasteiger charge is 2.19. The average molecular weight is 296 g/mol. The molecule has 0 aliphatic heterocycles. The Balaban J connectivity index is 2.41. The van der Waals surface area contributed by atoms with Gasteiger partial charge in [-0.2, -0.15) is 8.42 Å². The molecule has 0 amide bonds. The number of nitrogens with one attached hydrogen (secondary N) is 2. The van der Waals surface area contributed by atoms with Gasteiger partial charge in [0.15, 0.2) is 5.03 Å². The van der Waals surface area contributed by atoms with Gasteiger partial charge >= 0.3 is 0 Å². The fourth-order valence-electron chi connectivity index (χ4n) is 1.70. The first-order valence-corrected chi connectivity index (χ1v) is 7.06. The second-order valence-electron chi connectivity index (χ2n) is 4.23. The van der Waals surface area contributed by atoms with Crippen molar-refractivity contribution in [1.82, 2.24) is 9.97 Å². The summed E-state index contributed by atoms with van der Waals surface area (Å²) in [6.45, 7) is 3.14. The van der Waals surface area contributed by atoms with E-state index in [1.54, 1.807) is 13.8 Å². The van der Waals surface area contributed by atoms with Crippen molar-refractivity contribution in [2.45, 2.75) is 18.9 Å². The number of sulfonamides is 1. The van der Waals surface area contributed by atoms with Crippen LogP contribution < -0.4 is 4.72 Å². The Hall–Kier alpha value is -2.42.